The van der Waals surface area contributed by atoms with Crippen molar-refractivity contribution in [3.8, 4) is 0 Å². The highest BCUT2D eigenvalue weighted by atomic mass is 19.1. The molecule has 4 nitrogen and oxygen atoms in total. The van der Waals surface area contributed by atoms with Crippen LogP contribution in [0, 0.1) is 5.95 Å². The van der Waals surface area contributed by atoms with E-state index in [0.717, 1.165) is 12.5 Å². The van der Waals surface area contributed by atoms with Crippen LogP contribution in [0.1, 0.15) is 23.2 Å². The number of halogens is 1. The van der Waals surface area contributed by atoms with Crippen molar-refractivity contribution in [2.24, 2.45) is 0 Å². The van der Waals surface area contributed by atoms with E-state index < -0.39 is 12.1 Å². The van der Waals surface area contributed by atoms with Gasteiger partial charge in [0.25, 0.3) is 5.91 Å². The standard InChI is InChI=1S/C11H13FN2O2/c12-10-6-8(3-4-13-10)11(16)14-5-1-2-9(15)7-14/h3-4,6,9,15H,1-2,5,7H2/t9-/m0/s1. The number of hydrogen-bond donors (Lipinski definition) is 1. The SMILES string of the molecule is O=C(c1ccnc(F)c1)N1CCC[C@H](O)C1. The first-order chi connectivity index (χ1) is 7.66. The summed E-state index contributed by atoms with van der Waals surface area (Å²) in [6.07, 6.45) is 2.29. The highest BCUT2D eigenvalue weighted by molar-refractivity contribution is 5.94. The van der Waals surface area contributed by atoms with Crippen LogP contribution in [0.25, 0.3) is 0 Å². The molecule has 1 saturated heterocycles. The average molecular weight is 224 g/mol. The Morgan fingerprint density at radius 3 is 3.12 bits per heavy atom. The van der Waals surface area contributed by atoms with Crippen LogP contribution >= 0.6 is 0 Å². The fourth-order valence-corrected chi connectivity index (χ4v) is 1.86. The van der Waals surface area contributed by atoms with Crippen LogP contribution in [0.5, 0.6) is 0 Å². The zero-order valence-electron chi connectivity index (χ0n) is 8.77. The fourth-order valence-electron chi connectivity index (χ4n) is 1.86. The Morgan fingerprint density at radius 1 is 1.62 bits per heavy atom. The smallest absolute Gasteiger partial charge is 0.254 e. The van der Waals surface area contributed by atoms with Gasteiger partial charge in [-0.15, -0.1) is 0 Å². The number of piperidine rings is 1. The summed E-state index contributed by atoms with van der Waals surface area (Å²) in [5.41, 5.74) is 0.279. The first-order valence-corrected chi connectivity index (χ1v) is 5.26. The second kappa shape index (κ2) is 4.57. The third-order valence-corrected chi connectivity index (χ3v) is 2.66. The molecule has 1 fully saturated rings. The van der Waals surface area contributed by atoms with E-state index in [2.05, 4.69) is 4.98 Å². The zero-order chi connectivity index (χ0) is 11.5. The first kappa shape index (κ1) is 11.0. The van der Waals surface area contributed by atoms with Crippen molar-refractivity contribution in [1.29, 1.82) is 0 Å². The minimum absolute atomic E-state index is 0.250. The lowest BCUT2D eigenvalue weighted by molar-refractivity contribution is 0.0473. The Balaban J connectivity index is 2.12. The molecule has 1 N–H and O–H groups in total. The summed E-state index contributed by atoms with van der Waals surface area (Å²) in [5.74, 6) is -0.913. The maximum absolute atomic E-state index is 12.8. The number of aromatic nitrogens is 1. The number of aliphatic hydroxyl groups excluding tert-OH is 1. The number of nitrogens with zero attached hydrogens (tertiary/aromatic N) is 2. The van der Waals surface area contributed by atoms with Gasteiger partial charge in [0.05, 0.1) is 6.10 Å². The number of carbonyl (C=O) groups is 1. The van der Waals surface area contributed by atoms with Crippen molar-refractivity contribution in [3.63, 3.8) is 0 Å². The molecule has 1 amide bonds. The van der Waals surface area contributed by atoms with Crippen molar-refractivity contribution < 1.29 is 14.3 Å². The van der Waals surface area contributed by atoms with Gasteiger partial charge in [0, 0.05) is 30.9 Å². The van der Waals surface area contributed by atoms with Crippen LogP contribution in [0.15, 0.2) is 18.3 Å². The molecule has 0 unspecified atom stereocenters. The molecule has 0 saturated carbocycles. The van der Waals surface area contributed by atoms with Crippen LogP contribution in [-0.4, -0.2) is 40.1 Å². The van der Waals surface area contributed by atoms with E-state index in [9.17, 15) is 14.3 Å². The molecule has 0 radical (unpaired) electrons. The Morgan fingerprint density at radius 2 is 2.44 bits per heavy atom. The van der Waals surface area contributed by atoms with E-state index in [1.54, 1.807) is 4.90 Å². The molecule has 0 aromatic carbocycles. The monoisotopic (exact) mass is 224 g/mol. The predicted octanol–water partition coefficient (Wildman–Crippen LogP) is 0.818. The summed E-state index contributed by atoms with van der Waals surface area (Å²) in [4.78, 5) is 16.9. The second-order valence-corrected chi connectivity index (χ2v) is 3.91. The van der Waals surface area contributed by atoms with Gasteiger partial charge in [-0.2, -0.15) is 4.39 Å². The summed E-state index contributed by atoms with van der Waals surface area (Å²) in [6.45, 7) is 0.933. The number of pyridine rings is 1. The second-order valence-electron chi connectivity index (χ2n) is 3.91. The first-order valence-electron chi connectivity index (χ1n) is 5.26. The molecule has 16 heavy (non-hydrogen) atoms. The number of rotatable bonds is 1. The molecule has 2 rings (SSSR count). The van der Waals surface area contributed by atoms with Crippen molar-refractivity contribution in [1.82, 2.24) is 9.88 Å². The van der Waals surface area contributed by atoms with E-state index >= 15 is 0 Å². The summed E-state index contributed by atoms with van der Waals surface area (Å²) in [6, 6.07) is 2.59. The third kappa shape index (κ3) is 2.36. The van der Waals surface area contributed by atoms with E-state index in [4.69, 9.17) is 0 Å². The van der Waals surface area contributed by atoms with E-state index in [1.165, 1.54) is 12.3 Å². The molecular formula is C11H13FN2O2. The fraction of sp³-hybridized carbons (Fsp3) is 0.455. The summed E-state index contributed by atoms with van der Waals surface area (Å²) in [7, 11) is 0. The van der Waals surface area contributed by atoms with Crippen LogP contribution in [0.4, 0.5) is 4.39 Å². The highest BCUT2D eigenvalue weighted by Gasteiger charge is 2.23. The Bertz CT molecular complexity index is 397. The van der Waals surface area contributed by atoms with E-state index in [-0.39, 0.29) is 11.5 Å². The van der Waals surface area contributed by atoms with Crippen LogP contribution < -0.4 is 0 Å². The van der Waals surface area contributed by atoms with E-state index in [1.807, 2.05) is 0 Å². The minimum Gasteiger partial charge on any atom is -0.391 e. The molecule has 1 atom stereocenters. The predicted molar refractivity (Wildman–Crippen MR) is 55.3 cm³/mol. The summed E-state index contributed by atoms with van der Waals surface area (Å²) >= 11 is 0. The topological polar surface area (TPSA) is 53.4 Å². The largest absolute Gasteiger partial charge is 0.391 e. The van der Waals surface area contributed by atoms with Crippen molar-refractivity contribution in [3.05, 3.63) is 29.8 Å². The molecule has 1 aliphatic heterocycles. The van der Waals surface area contributed by atoms with Gasteiger partial charge in [-0.3, -0.25) is 4.79 Å². The normalized spacial score (nSPS) is 20.9. The molecule has 0 bridgehead atoms. The molecule has 1 aromatic heterocycles. The molecule has 5 heteroatoms. The van der Waals surface area contributed by atoms with Crippen LogP contribution in [0.3, 0.4) is 0 Å². The quantitative estimate of drug-likeness (QED) is 0.718. The maximum Gasteiger partial charge on any atom is 0.254 e. The number of likely N-dealkylation sites (tertiary alicyclic amines) is 1. The van der Waals surface area contributed by atoms with Gasteiger partial charge in [0.1, 0.15) is 0 Å². The Labute approximate surface area is 92.7 Å². The molecule has 0 aliphatic carbocycles. The maximum atomic E-state index is 12.8. The van der Waals surface area contributed by atoms with Crippen LogP contribution in [0.2, 0.25) is 0 Å². The van der Waals surface area contributed by atoms with Gasteiger partial charge >= 0.3 is 0 Å². The van der Waals surface area contributed by atoms with Crippen molar-refractivity contribution in [2.75, 3.05) is 13.1 Å². The van der Waals surface area contributed by atoms with Crippen molar-refractivity contribution in [2.45, 2.75) is 18.9 Å². The molecule has 86 valence electrons. The van der Waals surface area contributed by atoms with Gasteiger partial charge in [-0.25, -0.2) is 4.98 Å². The van der Waals surface area contributed by atoms with Gasteiger partial charge < -0.3 is 10.0 Å². The molecule has 2 heterocycles. The summed E-state index contributed by atoms with van der Waals surface area (Å²) in [5, 5.41) is 9.45. The van der Waals surface area contributed by atoms with Gasteiger partial charge in [0.2, 0.25) is 5.95 Å². The minimum atomic E-state index is -0.664. The molecule has 0 spiro atoms. The van der Waals surface area contributed by atoms with Crippen molar-refractivity contribution >= 4 is 5.91 Å². The molecule has 1 aliphatic rings. The number of carbonyl (C=O) groups excluding carboxylic acids is 1. The van der Waals surface area contributed by atoms with E-state index in [0.29, 0.717) is 19.5 Å². The Kier molecular flexibility index (Phi) is 3.14. The van der Waals surface area contributed by atoms with Gasteiger partial charge in [-0.1, -0.05) is 0 Å². The van der Waals surface area contributed by atoms with Gasteiger partial charge in [0.15, 0.2) is 0 Å². The number of amides is 1. The number of β-amino-alcohol motifs (C(OH)–C–C–N with tert-alkyl or cyclic N) is 1. The average Bonchev–Trinajstić information content (AvgIpc) is 2.28. The van der Waals surface area contributed by atoms with Crippen LogP contribution in [-0.2, 0) is 0 Å². The molecule has 1 aromatic rings. The lowest BCUT2D eigenvalue weighted by atomic mass is 10.1. The summed E-state index contributed by atoms with van der Waals surface area (Å²) < 4.78 is 12.8. The Hall–Kier alpha value is -1.49. The number of hydrogen-bond acceptors (Lipinski definition) is 3. The molecular weight excluding hydrogens is 211 g/mol. The number of aliphatic hydroxyl groups is 1. The lowest BCUT2D eigenvalue weighted by Gasteiger charge is -2.30. The highest BCUT2D eigenvalue weighted by Crippen LogP contribution is 2.13. The zero-order valence-corrected chi connectivity index (χ0v) is 8.77. The lowest BCUT2D eigenvalue weighted by Crippen LogP contribution is -2.42. The third-order valence-electron chi connectivity index (χ3n) is 2.66. The van der Waals surface area contributed by atoms with Gasteiger partial charge in [-0.05, 0) is 18.9 Å².